The Bertz CT molecular complexity index is 754. The molecule has 0 aliphatic heterocycles. The summed E-state index contributed by atoms with van der Waals surface area (Å²) < 4.78 is 8.59. The molecule has 3 heterocycles. The quantitative estimate of drug-likeness (QED) is 0.796. The molecule has 0 aromatic carbocycles. The lowest BCUT2D eigenvalue weighted by atomic mass is 10.3. The summed E-state index contributed by atoms with van der Waals surface area (Å²) in [5.74, 6) is 1.03. The van der Waals surface area contributed by atoms with Crippen molar-refractivity contribution in [2.24, 2.45) is 7.05 Å². The van der Waals surface area contributed by atoms with E-state index >= 15 is 0 Å². The number of hydrogen-bond acceptors (Lipinski definition) is 4. The number of rotatable bonds is 4. The number of aromatic nitrogens is 4. The predicted octanol–water partition coefficient (Wildman–Crippen LogP) is 2.15. The molecule has 0 unspecified atom stereocenters. The molecule has 1 N–H and O–H groups in total. The van der Waals surface area contributed by atoms with Crippen LogP contribution in [0.2, 0.25) is 0 Å². The molecule has 108 valence electrons. The van der Waals surface area contributed by atoms with Crippen molar-refractivity contribution in [2.45, 2.75) is 13.5 Å². The van der Waals surface area contributed by atoms with Crippen LogP contribution in [0, 0.1) is 0 Å². The van der Waals surface area contributed by atoms with Crippen LogP contribution < -0.4 is 5.32 Å². The van der Waals surface area contributed by atoms with E-state index in [9.17, 15) is 4.79 Å². The van der Waals surface area contributed by atoms with Gasteiger partial charge in [-0.15, -0.1) is 0 Å². The first-order valence-electron chi connectivity index (χ1n) is 6.59. The van der Waals surface area contributed by atoms with Gasteiger partial charge in [0.15, 0.2) is 5.76 Å². The van der Waals surface area contributed by atoms with Gasteiger partial charge in [0.1, 0.15) is 11.5 Å². The fourth-order valence-electron chi connectivity index (χ4n) is 1.97. The highest BCUT2D eigenvalue weighted by atomic mass is 16.3. The van der Waals surface area contributed by atoms with Crippen LogP contribution in [0.3, 0.4) is 0 Å². The van der Waals surface area contributed by atoms with Crippen LogP contribution in [0.25, 0.3) is 11.5 Å². The lowest BCUT2D eigenvalue weighted by Crippen LogP contribution is -2.13. The Kier molecular flexibility index (Phi) is 3.31. The average molecular weight is 285 g/mol. The van der Waals surface area contributed by atoms with Crippen molar-refractivity contribution in [2.75, 3.05) is 5.32 Å². The van der Waals surface area contributed by atoms with E-state index in [0.717, 1.165) is 6.54 Å². The highest BCUT2D eigenvalue weighted by Gasteiger charge is 2.14. The van der Waals surface area contributed by atoms with Gasteiger partial charge in [0.05, 0.1) is 18.0 Å². The molecule has 0 saturated carbocycles. The number of nitrogens with zero attached hydrogens (tertiary/aromatic N) is 4. The molecule has 0 spiro atoms. The molecule has 0 aliphatic carbocycles. The number of anilines is 1. The van der Waals surface area contributed by atoms with Gasteiger partial charge in [0, 0.05) is 25.9 Å². The predicted molar refractivity (Wildman–Crippen MR) is 76.8 cm³/mol. The summed E-state index contributed by atoms with van der Waals surface area (Å²) >= 11 is 0. The molecule has 0 fully saturated rings. The first-order valence-corrected chi connectivity index (χ1v) is 6.59. The van der Waals surface area contributed by atoms with Crippen LogP contribution in [0.4, 0.5) is 5.82 Å². The van der Waals surface area contributed by atoms with Gasteiger partial charge in [-0.25, -0.2) is 0 Å². The molecule has 0 aliphatic rings. The van der Waals surface area contributed by atoms with Gasteiger partial charge in [-0.05, 0) is 19.1 Å². The SMILES string of the molecule is CCn1cc(C(=O)Nc2cc(-c3ccco3)nn2C)cn1. The van der Waals surface area contributed by atoms with E-state index < -0.39 is 0 Å². The van der Waals surface area contributed by atoms with Crippen molar-refractivity contribution in [1.82, 2.24) is 19.6 Å². The summed E-state index contributed by atoms with van der Waals surface area (Å²) in [5.41, 5.74) is 1.18. The highest BCUT2D eigenvalue weighted by Crippen LogP contribution is 2.21. The molecule has 3 rings (SSSR count). The van der Waals surface area contributed by atoms with E-state index in [1.807, 2.05) is 13.0 Å². The second-order valence-electron chi connectivity index (χ2n) is 4.55. The third-order valence-corrected chi connectivity index (χ3v) is 3.11. The first kappa shape index (κ1) is 13.2. The number of hydrogen-bond donors (Lipinski definition) is 1. The third kappa shape index (κ3) is 2.58. The van der Waals surface area contributed by atoms with E-state index in [1.54, 1.807) is 47.2 Å². The van der Waals surface area contributed by atoms with Gasteiger partial charge >= 0.3 is 0 Å². The Balaban J connectivity index is 1.80. The molecule has 0 atom stereocenters. The van der Waals surface area contributed by atoms with Crippen LogP contribution in [-0.4, -0.2) is 25.5 Å². The Morgan fingerprint density at radius 3 is 3.00 bits per heavy atom. The van der Waals surface area contributed by atoms with Crippen LogP contribution in [-0.2, 0) is 13.6 Å². The van der Waals surface area contributed by atoms with Gasteiger partial charge in [0.25, 0.3) is 5.91 Å². The summed E-state index contributed by atoms with van der Waals surface area (Å²) in [6.45, 7) is 2.69. The maximum Gasteiger partial charge on any atom is 0.259 e. The fourth-order valence-corrected chi connectivity index (χ4v) is 1.97. The Morgan fingerprint density at radius 1 is 1.48 bits per heavy atom. The normalized spacial score (nSPS) is 10.8. The van der Waals surface area contributed by atoms with Crippen molar-refractivity contribution in [3.05, 3.63) is 42.4 Å². The molecule has 7 heteroatoms. The maximum absolute atomic E-state index is 12.2. The van der Waals surface area contributed by atoms with Crippen molar-refractivity contribution in [3.8, 4) is 11.5 Å². The van der Waals surface area contributed by atoms with Crippen molar-refractivity contribution in [3.63, 3.8) is 0 Å². The minimum absolute atomic E-state index is 0.219. The summed E-state index contributed by atoms with van der Waals surface area (Å²) in [7, 11) is 1.76. The maximum atomic E-state index is 12.2. The largest absolute Gasteiger partial charge is 0.463 e. The molecule has 0 bridgehead atoms. The van der Waals surface area contributed by atoms with E-state index in [1.165, 1.54) is 0 Å². The smallest absolute Gasteiger partial charge is 0.259 e. The van der Waals surface area contributed by atoms with Crippen molar-refractivity contribution < 1.29 is 9.21 Å². The Labute approximate surface area is 121 Å². The van der Waals surface area contributed by atoms with Crippen LogP contribution in [0.5, 0.6) is 0 Å². The van der Waals surface area contributed by atoms with Crippen LogP contribution in [0.1, 0.15) is 17.3 Å². The van der Waals surface area contributed by atoms with Gasteiger partial charge in [-0.1, -0.05) is 0 Å². The molecule has 1 amide bonds. The molecule has 3 aromatic rings. The molecule has 3 aromatic heterocycles. The molecular weight excluding hydrogens is 270 g/mol. The second-order valence-corrected chi connectivity index (χ2v) is 4.55. The number of amides is 1. The molecule has 21 heavy (non-hydrogen) atoms. The zero-order valence-electron chi connectivity index (χ0n) is 11.8. The number of furan rings is 1. The van der Waals surface area contributed by atoms with E-state index in [4.69, 9.17) is 4.42 Å². The minimum atomic E-state index is -0.219. The number of nitrogens with one attached hydrogen (secondary N) is 1. The monoisotopic (exact) mass is 285 g/mol. The van der Waals surface area contributed by atoms with E-state index in [2.05, 4.69) is 15.5 Å². The van der Waals surface area contributed by atoms with Crippen LogP contribution in [0.15, 0.2) is 41.3 Å². The Hall–Kier alpha value is -2.83. The number of carbonyl (C=O) groups excluding carboxylic acids is 1. The molecule has 0 saturated heterocycles. The molecule has 7 nitrogen and oxygen atoms in total. The highest BCUT2D eigenvalue weighted by molar-refractivity contribution is 6.03. The van der Waals surface area contributed by atoms with Gasteiger partial charge in [-0.2, -0.15) is 10.2 Å². The van der Waals surface area contributed by atoms with Gasteiger partial charge in [-0.3, -0.25) is 14.2 Å². The first-order chi connectivity index (χ1) is 10.2. The standard InChI is InChI=1S/C14H15N5O2/c1-3-19-9-10(8-15-19)14(20)16-13-7-11(17-18(13)2)12-5-4-6-21-12/h4-9H,3H2,1-2H3,(H,16,20). The molecule has 0 radical (unpaired) electrons. The Morgan fingerprint density at radius 2 is 2.33 bits per heavy atom. The lowest BCUT2D eigenvalue weighted by Gasteiger charge is -2.02. The zero-order chi connectivity index (χ0) is 14.8. The zero-order valence-corrected chi connectivity index (χ0v) is 11.8. The fraction of sp³-hybridized carbons (Fsp3) is 0.214. The van der Waals surface area contributed by atoms with Crippen molar-refractivity contribution >= 4 is 11.7 Å². The topological polar surface area (TPSA) is 77.9 Å². The number of aryl methyl sites for hydroxylation is 2. The molecular formula is C14H15N5O2. The van der Waals surface area contributed by atoms with E-state index in [-0.39, 0.29) is 5.91 Å². The average Bonchev–Trinajstić information content (AvgIpc) is 3.18. The summed E-state index contributed by atoms with van der Waals surface area (Å²) in [6.07, 6.45) is 4.84. The second kappa shape index (κ2) is 5.28. The van der Waals surface area contributed by atoms with Crippen molar-refractivity contribution in [1.29, 1.82) is 0 Å². The van der Waals surface area contributed by atoms with Gasteiger partial charge in [0.2, 0.25) is 0 Å². The minimum Gasteiger partial charge on any atom is -0.463 e. The third-order valence-electron chi connectivity index (χ3n) is 3.11. The number of carbonyl (C=O) groups is 1. The summed E-state index contributed by atoms with van der Waals surface area (Å²) in [5, 5.41) is 11.2. The van der Waals surface area contributed by atoms with Crippen LogP contribution >= 0.6 is 0 Å². The summed E-state index contributed by atoms with van der Waals surface area (Å²) in [6, 6.07) is 5.38. The van der Waals surface area contributed by atoms with Gasteiger partial charge < -0.3 is 9.73 Å². The summed E-state index contributed by atoms with van der Waals surface area (Å²) in [4.78, 5) is 12.2. The van der Waals surface area contributed by atoms with E-state index in [0.29, 0.717) is 22.8 Å². The lowest BCUT2D eigenvalue weighted by molar-refractivity contribution is 0.102.